The molecule has 0 aliphatic rings. The van der Waals surface area contributed by atoms with Gasteiger partial charge in [-0.3, -0.25) is 9.59 Å². The van der Waals surface area contributed by atoms with Crippen LogP contribution < -0.4 is 20.1 Å². The molecule has 1 atom stereocenters. The monoisotopic (exact) mass is 376 g/mol. The third-order valence-corrected chi connectivity index (χ3v) is 4.01. The molecule has 2 aromatic rings. The van der Waals surface area contributed by atoms with E-state index in [9.17, 15) is 9.59 Å². The minimum atomic E-state index is -0.436. The van der Waals surface area contributed by atoms with E-state index in [1.807, 2.05) is 30.3 Å². The Kier molecular flexibility index (Phi) is 6.86. The summed E-state index contributed by atoms with van der Waals surface area (Å²) in [4.78, 5) is 24.0. The lowest BCUT2D eigenvalue weighted by Crippen LogP contribution is -2.29. The predicted octanol–water partition coefficient (Wildman–Crippen LogP) is 3.56. The van der Waals surface area contributed by atoms with E-state index in [0.717, 1.165) is 5.56 Å². The quantitative estimate of drug-likeness (QED) is 0.774. The number of benzene rings is 2. The first kappa shape index (κ1) is 19.6. The van der Waals surface area contributed by atoms with Crippen molar-refractivity contribution >= 4 is 29.1 Å². The summed E-state index contributed by atoms with van der Waals surface area (Å²) in [6.45, 7) is 1.42. The summed E-state index contributed by atoms with van der Waals surface area (Å²) in [7, 11) is 2.97. The minimum absolute atomic E-state index is 0.0672. The van der Waals surface area contributed by atoms with Gasteiger partial charge < -0.3 is 20.1 Å². The van der Waals surface area contributed by atoms with Crippen molar-refractivity contribution in [1.29, 1.82) is 0 Å². The normalized spacial score (nSPS) is 11.4. The Morgan fingerprint density at radius 1 is 1.08 bits per heavy atom. The molecule has 6 nitrogen and oxygen atoms in total. The van der Waals surface area contributed by atoms with Crippen LogP contribution in [0.25, 0.3) is 0 Å². The third-order valence-electron chi connectivity index (χ3n) is 3.72. The summed E-state index contributed by atoms with van der Waals surface area (Å²) in [6.07, 6.45) is 0.0672. The largest absolute Gasteiger partial charge is 0.495 e. The average Bonchev–Trinajstić information content (AvgIpc) is 2.62. The smallest absolute Gasteiger partial charge is 0.226 e. The molecule has 0 heterocycles. The zero-order valence-corrected chi connectivity index (χ0v) is 15.6. The van der Waals surface area contributed by atoms with Gasteiger partial charge in [0.1, 0.15) is 11.5 Å². The van der Waals surface area contributed by atoms with E-state index < -0.39 is 6.04 Å². The summed E-state index contributed by atoms with van der Waals surface area (Å²) in [5.74, 6) is 0.344. The van der Waals surface area contributed by atoms with Gasteiger partial charge in [-0.2, -0.15) is 0 Å². The van der Waals surface area contributed by atoms with Crippen molar-refractivity contribution in [2.45, 2.75) is 19.4 Å². The molecule has 2 N–H and O–H groups in total. The highest BCUT2D eigenvalue weighted by atomic mass is 35.5. The SMILES string of the molecule is COc1cc(NC(=O)C[C@H](NC(C)=O)c2ccccc2)c(OC)cc1Cl. The Bertz CT molecular complexity index is 781. The van der Waals surface area contributed by atoms with E-state index in [0.29, 0.717) is 22.2 Å². The lowest BCUT2D eigenvalue weighted by Gasteiger charge is -2.19. The number of hydrogen-bond acceptors (Lipinski definition) is 4. The van der Waals surface area contributed by atoms with Gasteiger partial charge in [-0.15, -0.1) is 0 Å². The average molecular weight is 377 g/mol. The van der Waals surface area contributed by atoms with Crippen LogP contribution in [0.2, 0.25) is 5.02 Å². The zero-order chi connectivity index (χ0) is 19.1. The number of halogens is 1. The van der Waals surface area contributed by atoms with Crippen LogP contribution in [-0.4, -0.2) is 26.0 Å². The van der Waals surface area contributed by atoms with Gasteiger partial charge in [0.2, 0.25) is 11.8 Å². The molecule has 0 saturated carbocycles. The molecule has 0 saturated heterocycles. The van der Waals surface area contributed by atoms with Crippen LogP contribution in [-0.2, 0) is 9.59 Å². The highest BCUT2D eigenvalue weighted by molar-refractivity contribution is 6.32. The van der Waals surface area contributed by atoms with Crippen LogP contribution in [0.5, 0.6) is 11.5 Å². The van der Waals surface area contributed by atoms with Crippen molar-refractivity contribution in [3.63, 3.8) is 0 Å². The second kappa shape index (κ2) is 9.10. The first-order valence-corrected chi connectivity index (χ1v) is 8.35. The van der Waals surface area contributed by atoms with Crippen LogP contribution in [0, 0.1) is 0 Å². The molecule has 2 aromatic carbocycles. The van der Waals surface area contributed by atoms with Crippen molar-refractivity contribution in [3.8, 4) is 11.5 Å². The van der Waals surface area contributed by atoms with Crippen LogP contribution >= 0.6 is 11.6 Å². The fourth-order valence-electron chi connectivity index (χ4n) is 2.53. The molecule has 138 valence electrons. The van der Waals surface area contributed by atoms with E-state index in [2.05, 4.69) is 10.6 Å². The maximum Gasteiger partial charge on any atom is 0.226 e. The van der Waals surface area contributed by atoms with Gasteiger partial charge in [-0.25, -0.2) is 0 Å². The molecule has 2 rings (SSSR count). The molecule has 0 spiro atoms. The lowest BCUT2D eigenvalue weighted by atomic mass is 10.0. The Labute approximate surface area is 157 Å². The Balaban J connectivity index is 2.19. The Hall–Kier alpha value is -2.73. The molecule has 0 fully saturated rings. The van der Waals surface area contributed by atoms with Crippen molar-refractivity contribution in [2.24, 2.45) is 0 Å². The molecule has 0 radical (unpaired) electrons. The summed E-state index contributed by atoms with van der Waals surface area (Å²) in [5, 5.41) is 5.96. The third kappa shape index (κ3) is 5.13. The second-order valence-corrected chi connectivity index (χ2v) is 6.01. The number of amides is 2. The number of nitrogens with one attached hydrogen (secondary N) is 2. The van der Waals surface area contributed by atoms with Gasteiger partial charge in [0.15, 0.2) is 0 Å². The number of hydrogen-bond donors (Lipinski definition) is 2. The van der Waals surface area contributed by atoms with E-state index in [-0.39, 0.29) is 18.2 Å². The maximum atomic E-state index is 12.5. The molecular formula is C19H21ClN2O4. The van der Waals surface area contributed by atoms with Gasteiger partial charge in [0.25, 0.3) is 0 Å². The molecule has 0 aromatic heterocycles. The highest BCUT2D eigenvalue weighted by Crippen LogP contribution is 2.36. The minimum Gasteiger partial charge on any atom is -0.495 e. The van der Waals surface area contributed by atoms with Crippen LogP contribution in [0.15, 0.2) is 42.5 Å². The molecular weight excluding hydrogens is 356 g/mol. The summed E-state index contributed by atoms with van der Waals surface area (Å²) in [5.41, 5.74) is 1.28. The van der Waals surface area contributed by atoms with Crippen molar-refractivity contribution in [2.75, 3.05) is 19.5 Å². The standard InChI is InChI=1S/C19H21ClN2O4/c1-12(23)21-15(13-7-5-4-6-8-13)11-19(24)22-16-10-17(25-2)14(20)9-18(16)26-3/h4-10,15H,11H2,1-3H3,(H,21,23)(H,22,24)/t15-/m0/s1. The topological polar surface area (TPSA) is 76.7 Å². The van der Waals surface area contributed by atoms with Gasteiger partial charge in [-0.1, -0.05) is 41.9 Å². The van der Waals surface area contributed by atoms with Gasteiger partial charge in [0, 0.05) is 19.1 Å². The van der Waals surface area contributed by atoms with Gasteiger partial charge >= 0.3 is 0 Å². The zero-order valence-electron chi connectivity index (χ0n) is 14.8. The summed E-state index contributed by atoms with van der Waals surface area (Å²) >= 11 is 6.07. The van der Waals surface area contributed by atoms with Crippen LogP contribution in [0.4, 0.5) is 5.69 Å². The Morgan fingerprint density at radius 2 is 1.73 bits per heavy atom. The number of carbonyl (C=O) groups excluding carboxylic acids is 2. The maximum absolute atomic E-state index is 12.5. The molecule has 0 aliphatic heterocycles. The van der Waals surface area contributed by atoms with Crippen molar-refractivity contribution in [3.05, 3.63) is 53.1 Å². The van der Waals surface area contributed by atoms with E-state index >= 15 is 0 Å². The first-order chi connectivity index (χ1) is 12.4. The molecule has 2 amide bonds. The molecule has 7 heteroatoms. The van der Waals surface area contributed by atoms with Crippen molar-refractivity contribution in [1.82, 2.24) is 5.32 Å². The van der Waals surface area contributed by atoms with Crippen LogP contribution in [0.3, 0.4) is 0 Å². The number of carbonyl (C=O) groups is 2. The predicted molar refractivity (Wildman–Crippen MR) is 101 cm³/mol. The fourth-order valence-corrected chi connectivity index (χ4v) is 2.76. The highest BCUT2D eigenvalue weighted by Gasteiger charge is 2.19. The number of ether oxygens (including phenoxy) is 2. The van der Waals surface area contributed by atoms with Crippen LogP contribution in [0.1, 0.15) is 24.9 Å². The molecule has 26 heavy (non-hydrogen) atoms. The van der Waals surface area contributed by atoms with E-state index in [1.165, 1.54) is 21.1 Å². The lowest BCUT2D eigenvalue weighted by molar-refractivity contribution is -0.120. The molecule has 0 aliphatic carbocycles. The van der Waals surface area contributed by atoms with E-state index in [4.69, 9.17) is 21.1 Å². The summed E-state index contributed by atoms with van der Waals surface area (Å²) in [6, 6.07) is 12.0. The number of rotatable bonds is 7. The summed E-state index contributed by atoms with van der Waals surface area (Å²) < 4.78 is 10.4. The fraction of sp³-hybridized carbons (Fsp3) is 0.263. The number of methoxy groups -OCH3 is 2. The van der Waals surface area contributed by atoms with Gasteiger partial charge in [0.05, 0.1) is 37.4 Å². The number of anilines is 1. The van der Waals surface area contributed by atoms with Crippen molar-refractivity contribution < 1.29 is 19.1 Å². The van der Waals surface area contributed by atoms with Gasteiger partial charge in [-0.05, 0) is 5.56 Å². The Morgan fingerprint density at radius 3 is 2.31 bits per heavy atom. The van der Waals surface area contributed by atoms with E-state index in [1.54, 1.807) is 12.1 Å². The molecule has 0 unspecified atom stereocenters. The second-order valence-electron chi connectivity index (χ2n) is 5.60. The molecule has 0 bridgehead atoms. The first-order valence-electron chi connectivity index (χ1n) is 7.98.